The fourth-order valence-corrected chi connectivity index (χ4v) is 3.42. The van der Waals surface area contributed by atoms with E-state index in [0.29, 0.717) is 28.5 Å². The standard InChI is InChI=1S/C17H22FN5OS/c1-10(21-3)8-14(19)15(24)22-11-4-5-13(18)12(9-11)17(2)6-7-25-16(20)23-17/h4-5,8-9,19,21H,6-7H2,1-3H3,(H2,20,23)(H,22,24)/b10-8-,19-14?/t17-/m0/s1. The van der Waals surface area contributed by atoms with E-state index in [-0.39, 0.29) is 5.71 Å². The number of carbonyl (C=O) groups is 1. The van der Waals surface area contributed by atoms with Crippen molar-refractivity contribution in [3.63, 3.8) is 0 Å². The third-order valence-corrected chi connectivity index (χ3v) is 4.80. The van der Waals surface area contributed by atoms with Gasteiger partial charge < -0.3 is 16.4 Å². The van der Waals surface area contributed by atoms with Crippen molar-refractivity contribution in [2.75, 3.05) is 18.1 Å². The molecule has 1 heterocycles. The molecule has 1 aromatic carbocycles. The first kappa shape index (κ1) is 19.0. The van der Waals surface area contributed by atoms with Crippen molar-refractivity contribution in [3.8, 4) is 0 Å². The second-order valence-corrected chi connectivity index (χ2v) is 7.08. The third kappa shape index (κ3) is 4.60. The number of amides is 1. The number of hydrogen-bond donors (Lipinski definition) is 4. The van der Waals surface area contributed by atoms with Crippen LogP contribution in [-0.2, 0) is 10.3 Å². The molecule has 1 aromatic rings. The van der Waals surface area contributed by atoms with E-state index in [1.165, 1.54) is 30.0 Å². The molecule has 8 heteroatoms. The molecule has 0 aliphatic carbocycles. The van der Waals surface area contributed by atoms with E-state index in [1.807, 2.05) is 6.92 Å². The van der Waals surface area contributed by atoms with Crippen LogP contribution in [0.25, 0.3) is 0 Å². The largest absolute Gasteiger partial charge is 0.392 e. The summed E-state index contributed by atoms with van der Waals surface area (Å²) in [5.41, 5.74) is 6.31. The summed E-state index contributed by atoms with van der Waals surface area (Å²) in [5, 5.41) is 13.7. The van der Waals surface area contributed by atoms with Gasteiger partial charge in [0.05, 0.1) is 5.54 Å². The molecule has 134 valence electrons. The van der Waals surface area contributed by atoms with Crippen LogP contribution < -0.4 is 16.4 Å². The molecule has 1 aliphatic rings. The number of carbonyl (C=O) groups excluding carboxylic acids is 1. The number of nitrogens with zero attached hydrogens (tertiary/aromatic N) is 1. The Kier molecular flexibility index (Phi) is 5.84. The first-order valence-corrected chi connectivity index (χ1v) is 8.78. The molecule has 0 aromatic heterocycles. The van der Waals surface area contributed by atoms with Crippen LogP contribution in [0.2, 0.25) is 0 Å². The van der Waals surface area contributed by atoms with Gasteiger partial charge in [-0.25, -0.2) is 4.39 Å². The first-order chi connectivity index (χ1) is 11.7. The molecule has 5 N–H and O–H groups in total. The molecule has 0 unspecified atom stereocenters. The molecule has 0 fully saturated rings. The molecule has 1 atom stereocenters. The molecular formula is C17H22FN5OS. The lowest BCUT2D eigenvalue weighted by atomic mass is 9.89. The van der Waals surface area contributed by atoms with Crippen LogP contribution in [0, 0.1) is 11.2 Å². The molecule has 2 rings (SSSR count). The Hall–Kier alpha value is -2.35. The van der Waals surface area contributed by atoms with Crippen LogP contribution >= 0.6 is 11.8 Å². The highest BCUT2D eigenvalue weighted by Gasteiger charge is 2.32. The lowest BCUT2D eigenvalue weighted by molar-refractivity contribution is -0.110. The van der Waals surface area contributed by atoms with E-state index in [2.05, 4.69) is 15.6 Å². The fourth-order valence-electron chi connectivity index (χ4n) is 2.45. The molecule has 0 radical (unpaired) electrons. The number of halogens is 1. The summed E-state index contributed by atoms with van der Waals surface area (Å²) in [4.78, 5) is 16.5. The number of rotatable bonds is 5. The monoisotopic (exact) mass is 363 g/mol. The highest BCUT2D eigenvalue weighted by molar-refractivity contribution is 8.13. The van der Waals surface area contributed by atoms with Crippen LogP contribution in [0.3, 0.4) is 0 Å². The van der Waals surface area contributed by atoms with Gasteiger partial charge in [-0.1, -0.05) is 11.8 Å². The molecule has 1 aliphatic heterocycles. The number of benzene rings is 1. The fraction of sp³-hybridized carbons (Fsp3) is 0.353. The maximum absolute atomic E-state index is 14.4. The number of amidine groups is 1. The molecule has 6 nitrogen and oxygen atoms in total. The molecular weight excluding hydrogens is 341 g/mol. The summed E-state index contributed by atoms with van der Waals surface area (Å²) in [6.45, 7) is 3.58. The van der Waals surface area contributed by atoms with E-state index in [0.717, 1.165) is 5.75 Å². The Morgan fingerprint density at radius 1 is 1.52 bits per heavy atom. The summed E-state index contributed by atoms with van der Waals surface area (Å²) in [7, 11) is 1.71. The maximum Gasteiger partial charge on any atom is 0.273 e. The van der Waals surface area contributed by atoms with E-state index in [9.17, 15) is 9.18 Å². The summed E-state index contributed by atoms with van der Waals surface area (Å²) in [6, 6.07) is 4.32. The normalized spacial score (nSPS) is 20.6. The molecule has 0 spiro atoms. The van der Waals surface area contributed by atoms with Crippen LogP contribution in [0.1, 0.15) is 25.8 Å². The number of anilines is 1. The number of allylic oxidation sites excluding steroid dienone is 1. The summed E-state index contributed by atoms with van der Waals surface area (Å²) >= 11 is 1.44. The van der Waals surface area contributed by atoms with Crippen molar-refractivity contribution in [3.05, 3.63) is 41.4 Å². The van der Waals surface area contributed by atoms with Gasteiger partial charge in [0.25, 0.3) is 5.91 Å². The van der Waals surface area contributed by atoms with Gasteiger partial charge in [0, 0.05) is 29.7 Å². The Bertz CT molecular complexity index is 761. The molecule has 1 amide bonds. The van der Waals surface area contributed by atoms with Gasteiger partial charge >= 0.3 is 0 Å². The third-order valence-electron chi connectivity index (χ3n) is 4.00. The van der Waals surface area contributed by atoms with E-state index in [1.54, 1.807) is 20.0 Å². The smallest absolute Gasteiger partial charge is 0.273 e. The second-order valence-electron chi connectivity index (χ2n) is 5.96. The van der Waals surface area contributed by atoms with Crippen LogP contribution in [0.5, 0.6) is 0 Å². The summed E-state index contributed by atoms with van der Waals surface area (Å²) < 4.78 is 14.4. The van der Waals surface area contributed by atoms with Crippen LogP contribution in [0.15, 0.2) is 35.0 Å². The molecule has 0 bridgehead atoms. The molecule has 25 heavy (non-hydrogen) atoms. The quantitative estimate of drug-likeness (QED) is 0.604. The average Bonchev–Trinajstić information content (AvgIpc) is 2.56. The van der Waals surface area contributed by atoms with Gasteiger partial charge in [0.15, 0.2) is 5.17 Å². The van der Waals surface area contributed by atoms with Crippen molar-refractivity contribution in [2.24, 2.45) is 10.7 Å². The van der Waals surface area contributed by atoms with Gasteiger partial charge in [-0.05, 0) is 44.5 Å². The Morgan fingerprint density at radius 2 is 2.24 bits per heavy atom. The Balaban J connectivity index is 2.26. The highest BCUT2D eigenvalue weighted by Crippen LogP contribution is 2.37. The zero-order valence-corrected chi connectivity index (χ0v) is 15.3. The van der Waals surface area contributed by atoms with Crippen molar-refractivity contribution >= 4 is 34.2 Å². The SMILES string of the molecule is CN/C(C)=C\C(=N)C(=O)Nc1ccc(F)c([C@]2(C)CCSC(N)=N2)c1. The highest BCUT2D eigenvalue weighted by atomic mass is 32.2. The van der Waals surface area contributed by atoms with Gasteiger partial charge in [0.1, 0.15) is 11.5 Å². The Morgan fingerprint density at radius 3 is 2.88 bits per heavy atom. The van der Waals surface area contributed by atoms with Gasteiger partial charge in [0.2, 0.25) is 0 Å². The van der Waals surface area contributed by atoms with E-state index < -0.39 is 17.3 Å². The minimum Gasteiger partial charge on any atom is -0.392 e. The van der Waals surface area contributed by atoms with Gasteiger partial charge in [-0.3, -0.25) is 15.2 Å². The number of thioether (sulfide) groups is 1. The lowest BCUT2D eigenvalue weighted by Crippen LogP contribution is -2.30. The minimum absolute atomic E-state index is 0.194. The average molecular weight is 363 g/mol. The van der Waals surface area contributed by atoms with Crippen LogP contribution in [-0.4, -0.2) is 29.6 Å². The lowest BCUT2D eigenvalue weighted by Gasteiger charge is -2.30. The topological polar surface area (TPSA) is 103 Å². The van der Waals surface area contributed by atoms with E-state index >= 15 is 0 Å². The number of nitrogens with one attached hydrogen (secondary N) is 3. The zero-order chi connectivity index (χ0) is 18.6. The van der Waals surface area contributed by atoms with Gasteiger partial charge in [-0.15, -0.1) is 0 Å². The summed E-state index contributed by atoms with van der Waals surface area (Å²) in [6.07, 6.45) is 2.07. The predicted octanol–water partition coefficient (Wildman–Crippen LogP) is 2.57. The van der Waals surface area contributed by atoms with E-state index in [4.69, 9.17) is 11.1 Å². The first-order valence-electron chi connectivity index (χ1n) is 7.79. The minimum atomic E-state index is -0.768. The summed E-state index contributed by atoms with van der Waals surface area (Å²) in [5.74, 6) is -0.217. The van der Waals surface area contributed by atoms with Crippen LogP contribution in [0.4, 0.5) is 10.1 Å². The maximum atomic E-state index is 14.4. The van der Waals surface area contributed by atoms with Crippen molar-refractivity contribution in [1.82, 2.24) is 5.32 Å². The van der Waals surface area contributed by atoms with Crippen molar-refractivity contribution in [1.29, 1.82) is 5.41 Å². The Labute approximate surface area is 150 Å². The number of aliphatic imine (C=N–C) groups is 1. The number of hydrogen-bond acceptors (Lipinski definition) is 6. The molecule has 0 saturated heterocycles. The van der Waals surface area contributed by atoms with Gasteiger partial charge in [-0.2, -0.15) is 0 Å². The zero-order valence-electron chi connectivity index (χ0n) is 14.4. The predicted molar refractivity (Wildman–Crippen MR) is 102 cm³/mol. The second kappa shape index (κ2) is 7.69. The molecule has 0 saturated carbocycles. The van der Waals surface area contributed by atoms with Crippen molar-refractivity contribution in [2.45, 2.75) is 25.8 Å². The number of nitrogens with two attached hydrogens (primary N) is 1. The van der Waals surface area contributed by atoms with Crippen molar-refractivity contribution < 1.29 is 9.18 Å².